The summed E-state index contributed by atoms with van der Waals surface area (Å²) in [5.41, 5.74) is 1.85. The summed E-state index contributed by atoms with van der Waals surface area (Å²) in [6.45, 7) is 2.69. The molecule has 0 amide bonds. The predicted octanol–water partition coefficient (Wildman–Crippen LogP) is 4.44. The molecule has 2 aromatic rings. The van der Waals surface area contributed by atoms with Gasteiger partial charge in [-0.05, 0) is 55.3 Å². The molecule has 1 atom stereocenters. The third-order valence-electron chi connectivity index (χ3n) is 5.35. The minimum atomic E-state index is -1.23. The second kappa shape index (κ2) is 7.69. The highest BCUT2D eigenvalue weighted by molar-refractivity contribution is 5.88. The van der Waals surface area contributed by atoms with Gasteiger partial charge in [-0.2, -0.15) is 0 Å². The minimum Gasteiger partial charge on any atom is -0.489 e. The maximum absolute atomic E-state index is 14.2. The van der Waals surface area contributed by atoms with Gasteiger partial charge in [-0.1, -0.05) is 30.3 Å². The normalized spacial score (nSPS) is 20.4. The summed E-state index contributed by atoms with van der Waals surface area (Å²) in [5, 5.41) is 9.19. The third-order valence-corrected chi connectivity index (χ3v) is 5.35. The Morgan fingerprint density at radius 3 is 2.67 bits per heavy atom. The van der Waals surface area contributed by atoms with E-state index in [1.807, 2.05) is 18.2 Å². The summed E-state index contributed by atoms with van der Waals surface area (Å²) < 4.78 is 20.4. The number of hydrogen-bond donors (Lipinski definition) is 1. The van der Waals surface area contributed by atoms with Gasteiger partial charge in [-0.25, -0.2) is 9.18 Å². The fourth-order valence-electron chi connectivity index (χ4n) is 3.83. The second-order valence-corrected chi connectivity index (χ2v) is 7.55. The van der Waals surface area contributed by atoms with Crippen LogP contribution in [0.5, 0.6) is 5.75 Å². The molecular formula is C22H24FNO3. The van der Waals surface area contributed by atoms with Gasteiger partial charge in [-0.15, -0.1) is 0 Å². The van der Waals surface area contributed by atoms with Crippen molar-refractivity contribution < 1.29 is 19.0 Å². The van der Waals surface area contributed by atoms with Crippen molar-refractivity contribution in [3.05, 3.63) is 65.0 Å². The van der Waals surface area contributed by atoms with Gasteiger partial charge in [0, 0.05) is 19.2 Å². The summed E-state index contributed by atoms with van der Waals surface area (Å²) in [5.74, 6) is -1.14. The van der Waals surface area contributed by atoms with E-state index < -0.39 is 11.8 Å². The number of ether oxygens (including phenoxy) is 1. The quantitative estimate of drug-likeness (QED) is 0.818. The maximum atomic E-state index is 14.2. The Labute approximate surface area is 158 Å². The Balaban J connectivity index is 1.48. The van der Waals surface area contributed by atoms with Crippen LogP contribution in [0.25, 0.3) is 0 Å². The number of nitrogens with zero attached hydrogens (tertiary/aromatic N) is 1. The van der Waals surface area contributed by atoms with Crippen LogP contribution in [-0.4, -0.2) is 35.2 Å². The topological polar surface area (TPSA) is 49.8 Å². The van der Waals surface area contributed by atoms with E-state index in [4.69, 9.17) is 4.74 Å². The predicted molar refractivity (Wildman–Crippen MR) is 101 cm³/mol. The number of benzene rings is 2. The van der Waals surface area contributed by atoms with Gasteiger partial charge in [0.25, 0.3) is 0 Å². The number of carbonyl (C=O) groups is 1. The van der Waals surface area contributed by atoms with E-state index in [0.717, 1.165) is 50.9 Å². The van der Waals surface area contributed by atoms with Crippen molar-refractivity contribution in [2.24, 2.45) is 0 Å². The van der Waals surface area contributed by atoms with Crippen molar-refractivity contribution in [1.29, 1.82) is 0 Å². The Kier molecular flexibility index (Phi) is 5.12. The molecule has 1 saturated heterocycles. The van der Waals surface area contributed by atoms with Crippen molar-refractivity contribution >= 4 is 5.97 Å². The number of halogens is 1. The molecule has 1 heterocycles. The third kappa shape index (κ3) is 4.30. The molecule has 1 aliphatic carbocycles. The highest BCUT2D eigenvalue weighted by Gasteiger charge is 2.31. The van der Waals surface area contributed by atoms with Crippen LogP contribution in [0, 0.1) is 5.82 Å². The molecule has 1 aliphatic heterocycles. The monoisotopic (exact) mass is 369 g/mol. The van der Waals surface area contributed by atoms with Crippen molar-refractivity contribution in [1.82, 2.24) is 4.90 Å². The minimum absolute atomic E-state index is 0.00459. The first kappa shape index (κ1) is 18.0. The van der Waals surface area contributed by atoms with Gasteiger partial charge in [0.2, 0.25) is 0 Å². The molecule has 0 radical (unpaired) electrons. The number of likely N-dealkylation sites (tertiary alicyclic amines) is 1. The Bertz CT molecular complexity index is 820. The molecule has 5 heteroatoms. The van der Waals surface area contributed by atoms with Crippen molar-refractivity contribution in [2.75, 3.05) is 13.1 Å². The van der Waals surface area contributed by atoms with Gasteiger partial charge in [0.1, 0.15) is 17.7 Å². The van der Waals surface area contributed by atoms with Crippen LogP contribution in [0.2, 0.25) is 0 Å². The summed E-state index contributed by atoms with van der Waals surface area (Å²) in [7, 11) is 0. The first-order valence-electron chi connectivity index (χ1n) is 9.60. The van der Waals surface area contributed by atoms with Crippen LogP contribution < -0.4 is 4.74 Å². The smallest absolute Gasteiger partial charge is 0.338 e. The molecule has 2 aromatic carbocycles. The summed E-state index contributed by atoms with van der Waals surface area (Å²) >= 11 is 0. The molecule has 1 saturated carbocycles. The number of hydrogen-bond acceptors (Lipinski definition) is 3. The first-order valence-corrected chi connectivity index (χ1v) is 9.60. The number of carboxylic acids is 1. The van der Waals surface area contributed by atoms with Gasteiger partial charge in [0.05, 0.1) is 5.56 Å². The highest BCUT2D eigenvalue weighted by Crippen LogP contribution is 2.45. The van der Waals surface area contributed by atoms with Crippen molar-refractivity contribution in [3.8, 4) is 5.75 Å². The molecule has 142 valence electrons. The average Bonchev–Trinajstić information content (AvgIpc) is 3.48. The molecule has 2 aliphatic rings. The Hall–Kier alpha value is -2.40. The van der Waals surface area contributed by atoms with E-state index in [2.05, 4.69) is 17.0 Å². The van der Waals surface area contributed by atoms with Crippen molar-refractivity contribution in [3.63, 3.8) is 0 Å². The standard InChI is InChI=1S/C22H24FNO3/c23-20-12-21(18(16-8-9-16)11-19(20)22(25)26)27-17-7-4-10-24(14-17)13-15-5-2-1-3-6-15/h1-3,5-6,11-12,16-17H,4,7-10,13-14H2,(H,25,26). The maximum Gasteiger partial charge on any atom is 0.338 e. The van der Waals surface area contributed by atoms with E-state index in [1.165, 1.54) is 17.7 Å². The Morgan fingerprint density at radius 2 is 1.96 bits per heavy atom. The average molecular weight is 369 g/mol. The van der Waals surface area contributed by atoms with Crippen LogP contribution in [0.15, 0.2) is 42.5 Å². The Morgan fingerprint density at radius 1 is 1.19 bits per heavy atom. The molecule has 0 bridgehead atoms. The molecule has 1 unspecified atom stereocenters. The van der Waals surface area contributed by atoms with Crippen LogP contribution >= 0.6 is 0 Å². The van der Waals surface area contributed by atoms with Gasteiger partial charge >= 0.3 is 5.97 Å². The number of rotatable bonds is 6. The lowest BCUT2D eigenvalue weighted by Crippen LogP contribution is -2.40. The van der Waals surface area contributed by atoms with E-state index >= 15 is 0 Å². The lowest BCUT2D eigenvalue weighted by atomic mass is 10.0. The summed E-state index contributed by atoms with van der Waals surface area (Å²) in [4.78, 5) is 13.6. The number of carboxylic acid groups (broad SMARTS) is 1. The number of piperidine rings is 1. The van der Waals surface area contributed by atoms with Crippen LogP contribution in [0.4, 0.5) is 4.39 Å². The molecule has 1 N–H and O–H groups in total. The zero-order valence-corrected chi connectivity index (χ0v) is 15.2. The molecule has 0 aromatic heterocycles. The van der Waals surface area contributed by atoms with Crippen LogP contribution in [-0.2, 0) is 6.54 Å². The highest BCUT2D eigenvalue weighted by atomic mass is 19.1. The lowest BCUT2D eigenvalue weighted by Gasteiger charge is -2.33. The molecule has 27 heavy (non-hydrogen) atoms. The van der Waals surface area contributed by atoms with Crippen LogP contribution in [0.1, 0.15) is 53.1 Å². The van der Waals surface area contributed by atoms with Crippen molar-refractivity contribution in [2.45, 2.75) is 44.2 Å². The molecule has 4 nitrogen and oxygen atoms in total. The zero-order valence-electron chi connectivity index (χ0n) is 15.2. The zero-order chi connectivity index (χ0) is 18.8. The van der Waals surface area contributed by atoms with Gasteiger partial charge < -0.3 is 9.84 Å². The van der Waals surface area contributed by atoms with Crippen LogP contribution in [0.3, 0.4) is 0 Å². The lowest BCUT2D eigenvalue weighted by molar-refractivity contribution is 0.0691. The summed E-state index contributed by atoms with van der Waals surface area (Å²) in [6.07, 6.45) is 3.97. The van der Waals surface area contributed by atoms with E-state index in [-0.39, 0.29) is 11.7 Å². The second-order valence-electron chi connectivity index (χ2n) is 7.55. The van der Waals surface area contributed by atoms with E-state index in [1.54, 1.807) is 0 Å². The fraction of sp³-hybridized carbons (Fsp3) is 0.409. The largest absolute Gasteiger partial charge is 0.489 e. The molecule has 0 spiro atoms. The SMILES string of the molecule is O=C(O)c1cc(C2CC2)c(OC2CCCN(Cc3ccccc3)C2)cc1F. The molecule has 4 rings (SSSR count). The summed E-state index contributed by atoms with van der Waals surface area (Å²) in [6, 6.07) is 13.1. The van der Waals surface area contributed by atoms with Gasteiger partial charge in [-0.3, -0.25) is 4.90 Å². The molecular weight excluding hydrogens is 345 g/mol. The van der Waals surface area contributed by atoms with E-state index in [9.17, 15) is 14.3 Å². The first-order chi connectivity index (χ1) is 13.1. The number of aromatic carboxylic acids is 1. The van der Waals surface area contributed by atoms with Gasteiger partial charge in [0.15, 0.2) is 0 Å². The molecule has 2 fully saturated rings. The fourth-order valence-corrected chi connectivity index (χ4v) is 3.83. The van der Waals surface area contributed by atoms with E-state index in [0.29, 0.717) is 11.7 Å².